The van der Waals surface area contributed by atoms with Gasteiger partial charge in [0, 0.05) is 56.1 Å². The van der Waals surface area contributed by atoms with E-state index in [1.807, 2.05) is 36.2 Å². The highest BCUT2D eigenvalue weighted by Gasteiger charge is 2.31. The van der Waals surface area contributed by atoms with Crippen molar-refractivity contribution in [3.8, 4) is 11.5 Å². The Morgan fingerprint density at radius 2 is 2.10 bits per heavy atom. The molecule has 4 aromatic rings. The Bertz CT molecular complexity index is 1180. The van der Waals surface area contributed by atoms with Crippen LogP contribution in [0.2, 0.25) is 0 Å². The molecule has 0 aliphatic carbocycles. The Morgan fingerprint density at radius 1 is 1.20 bits per heavy atom. The standard InChI is InChI=1S/C23H23N5O2/c1-27-14-17(19-6-2-3-7-20(19)27)8-9-21(29)28-12-10-18(15-28)23-26-25-22(30-23)16-5-4-11-24-13-16/h2-7,11,13-14,18H,8-10,12,15H2,1H3/t18-/m1/s1. The minimum absolute atomic E-state index is 0.0874. The van der Waals surface area contributed by atoms with Crippen LogP contribution in [0.15, 0.2) is 59.4 Å². The van der Waals surface area contributed by atoms with Gasteiger partial charge in [0.25, 0.3) is 0 Å². The molecule has 1 atom stereocenters. The van der Waals surface area contributed by atoms with Crippen molar-refractivity contribution in [3.63, 3.8) is 0 Å². The van der Waals surface area contributed by atoms with E-state index < -0.39 is 0 Å². The average molecular weight is 401 g/mol. The largest absolute Gasteiger partial charge is 0.420 e. The number of amides is 1. The Kier molecular flexibility index (Phi) is 4.78. The first-order chi connectivity index (χ1) is 14.7. The topological polar surface area (TPSA) is 77.1 Å². The van der Waals surface area contributed by atoms with Crippen molar-refractivity contribution in [2.45, 2.75) is 25.2 Å². The third kappa shape index (κ3) is 3.47. The molecule has 0 saturated carbocycles. The molecule has 1 aromatic carbocycles. The van der Waals surface area contributed by atoms with Gasteiger partial charge in [-0.2, -0.15) is 0 Å². The number of likely N-dealkylation sites (tertiary alicyclic amines) is 1. The molecule has 1 amide bonds. The Hall–Kier alpha value is -3.48. The molecule has 7 heteroatoms. The number of nitrogens with zero attached hydrogens (tertiary/aromatic N) is 5. The van der Waals surface area contributed by atoms with Gasteiger partial charge < -0.3 is 13.9 Å². The molecular weight excluding hydrogens is 378 g/mol. The number of rotatable bonds is 5. The molecule has 1 fully saturated rings. The predicted octanol–water partition coefficient (Wildman–Crippen LogP) is 3.57. The number of benzene rings is 1. The van der Waals surface area contributed by atoms with E-state index in [4.69, 9.17) is 4.42 Å². The van der Waals surface area contributed by atoms with Gasteiger partial charge in [-0.3, -0.25) is 9.78 Å². The summed E-state index contributed by atoms with van der Waals surface area (Å²) in [5, 5.41) is 9.58. The van der Waals surface area contributed by atoms with Gasteiger partial charge in [-0.1, -0.05) is 18.2 Å². The second-order valence-corrected chi connectivity index (χ2v) is 7.79. The smallest absolute Gasteiger partial charge is 0.249 e. The molecule has 0 unspecified atom stereocenters. The number of hydrogen-bond acceptors (Lipinski definition) is 5. The molecule has 5 rings (SSSR count). The van der Waals surface area contributed by atoms with Crippen molar-refractivity contribution < 1.29 is 9.21 Å². The van der Waals surface area contributed by atoms with Crippen molar-refractivity contribution in [1.82, 2.24) is 24.6 Å². The highest BCUT2D eigenvalue weighted by molar-refractivity contribution is 5.85. The first-order valence-electron chi connectivity index (χ1n) is 10.2. The van der Waals surface area contributed by atoms with E-state index in [1.54, 1.807) is 12.4 Å². The lowest BCUT2D eigenvalue weighted by molar-refractivity contribution is -0.130. The third-order valence-corrected chi connectivity index (χ3v) is 5.83. The fraction of sp³-hybridized carbons (Fsp3) is 0.304. The van der Waals surface area contributed by atoms with Crippen molar-refractivity contribution in [2.75, 3.05) is 13.1 Å². The first kappa shape index (κ1) is 18.5. The summed E-state index contributed by atoms with van der Waals surface area (Å²) in [6.45, 7) is 1.35. The lowest BCUT2D eigenvalue weighted by Gasteiger charge is -2.15. The molecule has 4 heterocycles. The van der Waals surface area contributed by atoms with Crippen LogP contribution in [0.1, 0.15) is 30.2 Å². The monoisotopic (exact) mass is 401 g/mol. The summed E-state index contributed by atoms with van der Waals surface area (Å²) < 4.78 is 7.98. The van der Waals surface area contributed by atoms with Gasteiger partial charge in [0.1, 0.15) is 0 Å². The molecular formula is C23H23N5O2. The van der Waals surface area contributed by atoms with Crippen molar-refractivity contribution in [3.05, 3.63) is 66.4 Å². The molecule has 7 nitrogen and oxygen atoms in total. The second kappa shape index (κ2) is 7.74. The fourth-order valence-electron chi connectivity index (χ4n) is 4.22. The van der Waals surface area contributed by atoms with Gasteiger partial charge in [0.15, 0.2) is 0 Å². The minimum Gasteiger partial charge on any atom is -0.420 e. The molecule has 0 bridgehead atoms. The molecule has 1 aliphatic rings. The number of hydrogen-bond donors (Lipinski definition) is 0. The molecule has 0 spiro atoms. The summed E-state index contributed by atoms with van der Waals surface area (Å²) >= 11 is 0. The van der Waals surface area contributed by atoms with E-state index in [1.165, 1.54) is 16.5 Å². The van der Waals surface area contributed by atoms with Gasteiger partial charge in [-0.05, 0) is 36.6 Å². The summed E-state index contributed by atoms with van der Waals surface area (Å²) in [5.74, 6) is 1.33. The van der Waals surface area contributed by atoms with E-state index in [0.717, 1.165) is 24.9 Å². The van der Waals surface area contributed by atoms with Gasteiger partial charge in [0.05, 0.1) is 11.5 Å². The molecule has 30 heavy (non-hydrogen) atoms. The van der Waals surface area contributed by atoms with Crippen LogP contribution in [-0.2, 0) is 18.3 Å². The number of carbonyl (C=O) groups is 1. The summed E-state index contributed by atoms with van der Waals surface area (Å²) in [5.41, 5.74) is 3.22. The third-order valence-electron chi connectivity index (χ3n) is 5.83. The second-order valence-electron chi connectivity index (χ2n) is 7.79. The maximum absolute atomic E-state index is 12.8. The van der Waals surface area contributed by atoms with Gasteiger partial charge in [-0.15, -0.1) is 10.2 Å². The van der Waals surface area contributed by atoms with Crippen LogP contribution in [0, 0.1) is 0 Å². The summed E-state index contributed by atoms with van der Waals surface area (Å²) in [6, 6.07) is 12.0. The Balaban J connectivity index is 1.22. The van der Waals surface area contributed by atoms with Gasteiger partial charge >= 0.3 is 0 Å². The summed E-state index contributed by atoms with van der Waals surface area (Å²) in [6.07, 6.45) is 7.63. The SMILES string of the molecule is Cn1cc(CCC(=O)N2CC[C@@H](c3nnc(-c4cccnc4)o3)C2)c2ccccc21. The van der Waals surface area contributed by atoms with Crippen LogP contribution in [0.3, 0.4) is 0 Å². The molecule has 152 valence electrons. The predicted molar refractivity (Wildman–Crippen MR) is 113 cm³/mol. The zero-order valence-electron chi connectivity index (χ0n) is 16.9. The average Bonchev–Trinajstić information content (AvgIpc) is 3.52. The highest BCUT2D eigenvalue weighted by atomic mass is 16.4. The van der Waals surface area contributed by atoms with E-state index in [-0.39, 0.29) is 11.8 Å². The van der Waals surface area contributed by atoms with E-state index in [9.17, 15) is 4.79 Å². The van der Waals surface area contributed by atoms with Crippen LogP contribution in [0.25, 0.3) is 22.4 Å². The van der Waals surface area contributed by atoms with Gasteiger partial charge in [-0.25, -0.2) is 0 Å². The lowest BCUT2D eigenvalue weighted by Crippen LogP contribution is -2.28. The Labute approximate surface area is 174 Å². The van der Waals surface area contributed by atoms with E-state index >= 15 is 0 Å². The number of aryl methyl sites for hydroxylation is 2. The van der Waals surface area contributed by atoms with E-state index in [0.29, 0.717) is 24.7 Å². The van der Waals surface area contributed by atoms with Crippen LogP contribution in [-0.4, -0.2) is 43.6 Å². The zero-order valence-corrected chi connectivity index (χ0v) is 16.9. The molecule has 1 aliphatic heterocycles. The maximum atomic E-state index is 12.8. The number of carbonyl (C=O) groups excluding carboxylic acids is 1. The van der Waals surface area contributed by atoms with Crippen LogP contribution in [0.5, 0.6) is 0 Å². The molecule has 1 saturated heterocycles. The Morgan fingerprint density at radius 3 is 2.97 bits per heavy atom. The number of fused-ring (bicyclic) bond motifs is 1. The van der Waals surface area contributed by atoms with Crippen LogP contribution in [0.4, 0.5) is 0 Å². The first-order valence-corrected chi connectivity index (χ1v) is 10.2. The van der Waals surface area contributed by atoms with Gasteiger partial charge in [0.2, 0.25) is 17.7 Å². The van der Waals surface area contributed by atoms with Crippen LogP contribution >= 0.6 is 0 Å². The van der Waals surface area contributed by atoms with Crippen molar-refractivity contribution in [2.24, 2.45) is 7.05 Å². The lowest BCUT2D eigenvalue weighted by atomic mass is 10.1. The zero-order chi connectivity index (χ0) is 20.5. The minimum atomic E-state index is 0.0874. The number of para-hydroxylation sites is 1. The van der Waals surface area contributed by atoms with E-state index in [2.05, 4.69) is 38.1 Å². The van der Waals surface area contributed by atoms with Crippen LogP contribution < -0.4 is 0 Å². The summed E-state index contributed by atoms with van der Waals surface area (Å²) in [4.78, 5) is 18.8. The molecule has 0 radical (unpaired) electrons. The number of aromatic nitrogens is 4. The quantitative estimate of drug-likeness (QED) is 0.511. The number of pyridine rings is 1. The molecule has 3 aromatic heterocycles. The molecule has 0 N–H and O–H groups in total. The maximum Gasteiger partial charge on any atom is 0.249 e. The van der Waals surface area contributed by atoms with Crippen molar-refractivity contribution >= 4 is 16.8 Å². The fourth-order valence-corrected chi connectivity index (χ4v) is 4.22. The summed E-state index contributed by atoms with van der Waals surface area (Å²) in [7, 11) is 2.04. The highest BCUT2D eigenvalue weighted by Crippen LogP contribution is 2.29. The normalized spacial score (nSPS) is 16.4. The van der Waals surface area contributed by atoms with Crippen molar-refractivity contribution in [1.29, 1.82) is 0 Å².